The van der Waals surface area contributed by atoms with Crippen LogP contribution in [-0.2, 0) is 0 Å². The molecule has 0 aliphatic rings. The Morgan fingerprint density at radius 3 is 2.30 bits per heavy atom. The predicted octanol–water partition coefficient (Wildman–Crippen LogP) is 4.73. The molecule has 0 aliphatic carbocycles. The van der Waals surface area contributed by atoms with Gasteiger partial charge in [-0.15, -0.1) is 0 Å². The number of amides is 1. The lowest BCUT2D eigenvalue weighted by Crippen LogP contribution is -2.18. The highest BCUT2D eigenvalue weighted by Gasteiger charge is 2.18. The van der Waals surface area contributed by atoms with Gasteiger partial charge in [0.2, 0.25) is 0 Å². The zero-order valence-electron chi connectivity index (χ0n) is 17.2. The summed E-state index contributed by atoms with van der Waals surface area (Å²) in [6.07, 6.45) is 1.38. The lowest BCUT2D eigenvalue weighted by molar-refractivity contribution is -0.385. The summed E-state index contributed by atoms with van der Waals surface area (Å²) in [5, 5.41) is 16.6. The molecule has 4 rings (SSSR count). The number of nitro groups is 1. The van der Waals surface area contributed by atoms with Crippen molar-refractivity contribution in [3.05, 3.63) is 118 Å². The first kappa shape index (κ1) is 21.4. The Bertz CT molecular complexity index is 1380. The van der Waals surface area contributed by atoms with Crippen molar-refractivity contribution in [1.29, 1.82) is 0 Å². The molecule has 0 saturated carbocycles. The molecule has 0 aromatic heterocycles. The second-order valence-electron chi connectivity index (χ2n) is 6.96. The Labute approximate surface area is 188 Å². The molecule has 8 nitrogen and oxygen atoms in total. The monoisotopic (exact) mass is 439 g/mol. The molecule has 0 atom stereocenters. The summed E-state index contributed by atoms with van der Waals surface area (Å²) in [6, 6.07) is 25.1. The number of nitrogens with zero attached hydrogens (tertiary/aromatic N) is 2. The number of rotatable bonds is 6. The molecule has 33 heavy (non-hydrogen) atoms. The average molecular weight is 439 g/mol. The standard InChI is InChI=1S/C25H17N3O5/c29-24(22-9-3-4-11-23(22)28(31)32)27-26-16-17-12-14-19(15-13-17)33-25(30)21-10-5-7-18-6-1-2-8-20(18)21/h1-16H,(H,27,29)/b26-16+. The number of hydrogen-bond acceptors (Lipinski definition) is 6. The van der Waals surface area contributed by atoms with Crippen molar-refractivity contribution in [2.45, 2.75) is 0 Å². The number of benzene rings is 4. The second-order valence-corrected chi connectivity index (χ2v) is 6.96. The summed E-state index contributed by atoms with van der Waals surface area (Å²) >= 11 is 0. The number of carbonyl (C=O) groups excluding carboxylic acids is 2. The lowest BCUT2D eigenvalue weighted by atomic mass is 10.0. The van der Waals surface area contributed by atoms with Gasteiger partial charge >= 0.3 is 5.97 Å². The van der Waals surface area contributed by atoms with Crippen LogP contribution in [0.2, 0.25) is 0 Å². The van der Waals surface area contributed by atoms with E-state index in [4.69, 9.17) is 4.74 Å². The zero-order chi connectivity index (χ0) is 23.2. The molecule has 0 aliphatic heterocycles. The van der Waals surface area contributed by atoms with Crippen LogP contribution >= 0.6 is 0 Å². The smallest absolute Gasteiger partial charge is 0.344 e. The third-order valence-corrected chi connectivity index (χ3v) is 4.83. The lowest BCUT2D eigenvalue weighted by Gasteiger charge is -2.07. The maximum atomic E-state index is 12.6. The number of carbonyl (C=O) groups is 2. The molecule has 1 N–H and O–H groups in total. The molecule has 0 spiro atoms. The van der Waals surface area contributed by atoms with E-state index in [0.717, 1.165) is 10.8 Å². The summed E-state index contributed by atoms with van der Waals surface area (Å²) < 4.78 is 5.48. The van der Waals surface area contributed by atoms with E-state index in [2.05, 4.69) is 10.5 Å². The quantitative estimate of drug-likeness (QED) is 0.153. The normalized spacial score (nSPS) is 10.8. The average Bonchev–Trinajstić information content (AvgIpc) is 2.84. The van der Waals surface area contributed by atoms with Gasteiger partial charge < -0.3 is 4.74 Å². The van der Waals surface area contributed by atoms with E-state index in [-0.39, 0.29) is 11.3 Å². The van der Waals surface area contributed by atoms with Gasteiger partial charge in [0.1, 0.15) is 11.3 Å². The Morgan fingerprint density at radius 2 is 1.52 bits per heavy atom. The molecule has 4 aromatic rings. The Balaban J connectivity index is 1.40. The van der Waals surface area contributed by atoms with Gasteiger partial charge in [-0.25, -0.2) is 10.2 Å². The number of ether oxygens (including phenoxy) is 1. The van der Waals surface area contributed by atoms with Gasteiger partial charge in [-0.3, -0.25) is 14.9 Å². The molecule has 0 heterocycles. The van der Waals surface area contributed by atoms with Crippen LogP contribution in [0.1, 0.15) is 26.3 Å². The largest absolute Gasteiger partial charge is 0.423 e. The summed E-state index contributed by atoms with van der Waals surface area (Å²) in [5.41, 5.74) is 2.97. The van der Waals surface area contributed by atoms with Crippen molar-refractivity contribution in [3.63, 3.8) is 0 Å². The van der Waals surface area contributed by atoms with Crippen LogP contribution in [0.15, 0.2) is 96.1 Å². The number of para-hydroxylation sites is 1. The van der Waals surface area contributed by atoms with Crippen molar-refractivity contribution < 1.29 is 19.2 Å². The highest BCUT2D eigenvalue weighted by molar-refractivity contribution is 6.05. The van der Waals surface area contributed by atoms with Gasteiger partial charge in [-0.2, -0.15) is 5.10 Å². The van der Waals surface area contributed by atoms with Gasteiger partial charge in [0.15, 0.2) is 0 Å². The summed E-state index contributed by atoms with van der Waals surface area (Å²) in [5.74, 6) is -0.807. The topological polar surface area (TPSA) is 111 Å². The SMILES string of the molecule is O=C(N/N=C/c1ccc(OC(=O)c2cccc3ccccc23)cc1)c1ccccc1[N+](=O)[O-]. The molecule has 0 fully saturated rings. The number of hydrazone groups is 1. The fourth-order valence-corrected chi connectivity index (χ4v) is 3.24. The maximum absolute atomic E-state index is 12.6. The van der Waals surface area contributed by atoms with E-state index in [1.165, 1.54) is 30.5 Å². The minimum Gasteiger partial charge on any atom is -0.423 e. The first-order valence-corrected chi connectivity index (χ1v) is 9.90. The zero-order valence-corrected chi connectivity index (χ0v) is 17.2. The molecule has 1 amide bonds. The number of nitro benzene ring substituents is 1. The Kier molecular flexibility index (Phi) is 6.17. The highest BCUT2D eigenvalue weighted by atomic mass is 16.6. The number of hydrogen-bond donors (Lipinski definition) is 1. The fourth-order valence-electron chi connectivity index (χ4n) is 3.24. The van der Waals surface area contributed by atoms with E-state index in [9.17, 15) is 19.7 Å². The van der Waals surface area contributed by atoms with Crippen molar-refractivity contribution in [1.82, 2.24) is 5.43 Å². The molecule has 0 unspecified atom stereocenters. The van der Waals surface area contributed by atoms with Crippen LogP contribution in [0, 0.1) is 10.1 Å². The van der Waals surface area contributed by atoms with E-state index < -0.39 is 16.8 Å². The molecular weight excluding hydrogens is 422 g/mol. The molecule has 0 radical (unpaired) electrons. The molecule has 8 heteroatoms. The minimum absolute atomic E-state index is 0.0876. The molecule has 0 bridgehead atoms. The van der Waals surface area contributed by atoms with Crippen molar-refractivity contribution >= 4 is 34.6 Å². The predicted molar refractivity (Wildman–Crippen MR) is 124 cm³/mol. The van der Waals surface area contributed by atoms with Crippen LogP contribution in [-0.4, -0.2) is 23.0 Å². The minimum atomic E-state index is -0.695. The number of nitrogens with one attached hydrogen (secondary N) is 1. The second kappa shape index (κ2) is 9.52. The third-order valence-electron chi connectivity index (χ3n) is 4.83. The van der Waals surface area contributed by atoms with Crippen LogP contribution in [0.5, 0.6) is 5.75 Å². The van der Waals surface area contributed by atoms with Crippen LogP contribution in [0.25, 0.3) is 10.8 Å². The van der Waals surface area contributed by atoms with E-state index in [0.29, 0.717) is 16.9 Å². The van der Waals surface area contributed by atoms with Gasteiger partial charge in [0.25, 0.3) is 11.6 Å². The van der Waals surface area contributed by atoms with Gasteiger partial charge in [-0.1, -0.05) is 48.5 Å². The van der Waals surface area contributed by atoms with Gasteiger partial charge in [0, 0.05) is 6.07 Å². The van der Waals surface area contributed by atoms with E-state index in [1.54, 1.807) is 36.4 Å². The van der Waals surface area contributed by atoms with Crippen molar-refractivity contribution in [2.24, 2.45) is 5.10 Å². The third kappa shape index (κ3) is 4.91. The van der Waals surface area contributed by atoms with Crippen LogP contribution in [0.4, 0.5) is 5.69 Å². The first-order valence-electron chi connectivity index (χ1n) is 9.90. The van der Waals surface area contributed by atoms with Crippen LogP contribution in [0.3, 0.4) is 0 Å². The Hall–Kier alpha value is -4.85. The number of esters is 1. The van der Waals surface area contributed by atoms with Crippen molar-refractivity contribution in [3.8, 4) is 5.75 Å². The fraction of sp³-hybridized carbons (Fsp3) is 0. The summed E-state index contributed by atoms with van der Waals surface area (Å²) in [7, 11) is 0. The summed E-state index contributed by atoms with van der Waals surface area (Å²) in [4.78, 5) is 35.2. The van der Waals surface area contributed by atoms with Gasteiger partial charge in [0.05, 0.1) is 16.7 Å². The van der Waals surface area contributed by atoms with Crippen molar-refractivity contribution in [2.75, 3.05) is 0 Å². The molecular formula is C25H17N3O5. The molecule has 4 aromatic carbocycles. The van der Waals surface area contributed by atoms with E-state index >= 15 is 0 Å². The van der Waals surface area contributed by atoms with E-state index in [1.807, 2.05) is 30.3 Å². The maximum Gasteiger partial charge on any atom is 0.344 e. The highest BCUT2D eigenvalue weighted by Crippen LogP contribution is 2.21. The van der Waals surface area contributed by atoms with Crippen LogP contribution < -0.4 is 10.2 Å². The molecule has 162 valence electrons. The molecule has 0 saturated heterocycles. The number of fused-ring (bicyclic) bond motifs is 1. The Morgan fingerprint density at radius 1 is 0.848 bits per heavy atom. The summed E-state index contributed by atoms with van der Waals surface area (Å²) in [6.45, 7) is 0. The first-order chi connectivity index (χ1) is 16.0. The van der Waals surface area contributed by atoms with Gasteiger partial charge in [-0.05, 0) is 52.7 Å².